The van der Waals surface area contributed by atoms with Gasteiger partial charge >= 0.3 is 6.09 Å². The molecule has 1 atom stereocenters. The molecule has 1 saturated heterocycles. The molecule has 0 bridgehead atoms. The number of phenols is 1. The number of carbonyl (C=O) groups excluding carboxylic acids is 2. The Kier molecular flexibility index (Phi) is 13.1. The summed E-state index contributed by atoms with van der Waals surface area (Å²) in [7, 11) is 3.20. The van der Waals surface area contributed by atoms with Crippen molar-refractivity contribution in [2.24, 2.45) is 5.92 Å². The minimum atomic E-state index is -0.558. The van der Waals surface area contributed by atoms with E-state index in [2.05, 4.69) is 25.1 Å². The van der Waals surface area contributed by atoms with Crippen molar-refractivity contribution in [1.29, 1.82) is 0 Å². The topological polar surface area (TPSA) is 97.8 Å². The van der Waals surface area contributed by atoms with Crippen LogP contribution in [0.2, 0.25) is 0 Å². The van der Waals surface area contributed by atoms with Crippen LogP contribution in [0.1, 0.15) is 89.3 Å². The van der Waals surface area contributed by atoms with Gasteiger partial charge in [-0.1, -0.05) is 55.3 Å². The van der Waals surface area contributed by atoms with Crippen molar-refractivity contribution in [3.05, 3.63) is 65.2 Å². The van der Waals surface area contributed by atoms with Crippen molar-refractivity contribution in [1.82, 2.24) is 9.80 Å². The van der Waals surface area contributed by atoms with Gasteiger partial charge in [0.25, 0.3) is 0 Å². The van der Waals surface area contributed by atoms with E-state index in [0.717, 1.165) is 29.5 Å². The van der Waals surface area contributed by atoms with Crippen molar-refractivity contribution in [3.8, 4) is 5.75 Å². The SMILES string of the molecule is COC(CN(C(=O)CCOCCc1ccc(O)c(C2(c3ccccc3)CCN(C(=O)OC(C)(C)C)CC2)c1)[C@H](C)C1CCCC1)OC. The molecule has 0 aromatic heterocycles. The second kappa shape index (κ2) is 16.8. The number of likely N-dealkylation sites (tertiary alicyclic amines) is 1. The molecule has 1 N–H and O–H groups in total. The van der Waals surface area contributed by atoms with Crippen LogP contribution in [0.25, 0.3) is 0 Å². The number of amides is 2. The minimum absolute atomic E-state index is 0.0537. The van der Waals surface area contributed by atoms with Gasteiger partial charge < -0.3 is 33.9 Å². The number of hydrogen-bond acceptors (Lipinski definition) is 7. The van der Waals surface area contributed by atoms with Crippen LogP contribution in [0.15, 0.2) is 48.5 Å². The number of carbonyl (C=O) groups is 2. The van der Waals surface area contributed by atoms with Crippen LogP contribution >= 0.6 is 0 Å². The van der Waals surface area contributed by atoms with E-state index in [9.17, 15) is 14.7 Å². The number of phenolic OH excluding ortho intramolecular Hbond substituents is 1. The highest BCUT2D eigenvalue weighted by molar-refractivity contribution is 5.76. The van der Waals surface area contributed by atoms with E-state index in [4.69, 9.17) is 18.9 Å². The molecule has 9 heteroatoms. The van der Waals surface area contributed by atoms with Crippen LogP contribution in [0.4, 0.5) is 4.79 Å². The lowest BCUT2D eigenvalue weighted by Gasteiger charge is -2.43. The molecule has 2 aromatic carbocycles. The van der Waals surface area contributed by atoms with Crippen LogP contribution in [-0.4, -0.2) is 91.9 Å². The number of hydrogen-bond donors (Lipinski definition) is 1. The molecule has 1 heterocycles. The van der Waals surface area contributed by atoms with Gasteiger partial charge in [0.05, 0.1) is 26.2 Å². The Morgan fingerprint density at radius 1 is 1.00 bits per heavy atom. The Morgan fingerprint density at radius 2 is 1.66 bits per heavy atom. The summed E-state index contributed by atoms with van der Waals surface area (Å²) < 4.78 is 22.5. The summed E-state index contributed by atoms with van der Waals surface area (Å²) in [5, 5.41) is 11.2. The van der Waals surface area contributed by atoms with Crippen LogP contribution in [0.5, 0.6) is 5.75 Å². The van der Waals surface area contributed by atoms with Crippen molar-refractivity contribution < 1.29 is 33.6 Å². The number of benzene rings is 2. The summed E-state index contributed by atoms with van der Waals surface area (Å²) in [6.07, 6.45) is 6.22. The predicted octanol–water partition coefficient (Wildman–Crippen LogP) is 6.68. The fourth-order valence-corrected chi connectivity index (χ4v) is 7.18. The highest BCUT2D eigenvalue weighted by Crippen LogP contribution is 2.45. The molecule has 0 unspecified atom stereocenters. The summed E-state index contributed by atoms with van der Waals surface area (Å²) in [4.78, 5) is 29.9. The average molecular weight is 653 g/mol. The molecule has 0 spiro atoms. The maximum atomic E-state index is 13.4. The number of ether oxygens (including phenoxy) is 4. The molecule has 0 radical (unpaired) electrons. The molecule has 1 saturated carbocycles. The summed E-state index contributed by atoms with van der Waals surface area (Å²) in [5.74, 6) is 0.802. The largest absolute Gasteiger partial charge is 0.508 e. The van der Waals surface area contributed by atoms with Gasteiger partial charge in [0.1, 0.15) is 11.4 Å². The molecule has 4 rings (SSSR count). The van der Waals surface area contributed by atoms with Crippen molar-refractivity contribution in [2.45, 2.75) is 102 Å². The maximum absolute atomic E-state index is 13.4. The van der Waals surface area contributed by atoms with Gasteiger partial charge in [-0.2, -0.15) is 0 Å². The highest BCUT2D eigenvalue weighted by atomic mass is 16.7. The van der Waals surface area contributed by atoms with Crippen molar-refractivity contribution in [2.75, 3.05) is 47.1 Å². The van der Waals surface area contributed by atoms with Gasteiger partial charge in [0, 0.05) is 44.3 Å². The molecule has 1 aliphatic carbocycles. The van der Waals surface area contributed by atoms with E-state index >= 15 is 0 Å². The predicted molar refractivity (Wildman–Crippen MR) is 182 cm³/mol. The van der Waals surface area contributed by atoms with Crippen molar-refractivity contribution in [3.63, 3.8) is 0 Å². The summed E-state index contributed by atoms with van der Waals surface area (Å²) in [6, 6.07) is 16.2. The zero-order chi connectivity index (χ0) is 34.0. The Morgan fingerprint density at radius 3 is 2.28 bits per heavy atom. The average Bonchev–Trinajstić information content (AvgIpc) is 3.61. The quantitative estimate of drug-likeness (QED) is 0.180. The summed E-state index contributed by atoms with van der Waals surface area (Å²) in [5.41, 5.74) is 2.02. The van der Waals surface area contributed by atoms with Crippen LogP contribution < -0.4 is 0 Å². The fraction of sp³-hybridized carbons (Fsp3) is 0.632. The number of methoxy groups -OCH3 is 2. The van der Waals surface area contributed by atoms with E-state index in [1.54, 1.807) is 25.2 Å². The minimum Gasteiger partial charge on any atom is -0.508 e. The van der Waals surface area contributed by atoms with Gasteiger partial charge in [0.2, 0.25) is 5.91 Å². The summed E-state index contributed by atoms with van der Waals surface area (Å²) >= 11 is 0. The van der Waals surface area contributed by atoms with E-state index in [-0.39, 0.29) is 23.8 Å². The lowest BCUT2D eigenvalue weighted by Crippen LogP contribution is -2.47. The standard InChI is InChI=1S/C38H56N2O7/c1-28(30-12-10-11-13-30)40(27-35(44-5)45-6)34(42)19-25-46-24-18-29-16-17-33(41)32(26-29)38(31-14-8-7-9-15-31)20-22-39(23-21-38)36(43)47-37(2,3)4/h7-9,14-17,26,28,30,35,41H,10-13,18-25,27H2,1-6H3/t28-/m1/s1. The van der Waals surface area contributed by atoms with Crippen molar-refractivity contribution >= 4 is 12.0 Å². The lowest BCUT2D eigenvalue weighted by molar-refractivity contribution is -0.151. The molecule has 2 fully saturated rings. The molecule has 260 valence electrons. The molecule has 9 nitrogen and oxygen atoms in total. The van der Waals surface area contributed by atoms with Crippen LogP contribution in [0.3, 0.4) is 0 Å². The molecule has 2 aromatic rings. The molecule has 1 aliphatic heterocycles. The first kappa shape index (κ1) is 36.7. The van der Waals surface area contributed by atoms with E-state index in [1.807, 2.05) is 49.9 Å². The second-order valence-electron chi connectivity index (χ2n) is 14.1. The smallest absolute Gasteiger partial charge is 0.410 e. The number of nitrogens with zero attached hydrogens (tertiary/aromatic N) is 2. The maximum Gasteiger partial charge on any atom is 0.410 e. The molecular formula is C38H56N2O7. The molecular weight excluding hydrogens is 596 g/mol. The van der Waals surface area contributed by atoms with E-state index in [1.165, 1.54) is 12.8 Å². The van der Waals surface area contributed by atoms with Crippen LogP contribution in [0, 0.1) is 5.92 Å². The van der Waals surface area contributed by atoms with Gasteiger partial charge in [-0.05, 0) is 82.9 Å². The normalized spacial score (nSPS) is 17.6. The van der Waals surface area contributed by atoms with E-state index in [0.29, 0.717) is 64.4 Å². The lowest BCUT2D eigenvalue weighted by atomic mass is 9.67. The molecule has 2 aliphatic rings. The van der Waals surface area contributed by atoms with Crippen LogP contribution in [-0.2, 0) is 35.6 Å². The third kappa shape index (κ3) is 9.71. The second-order valence-corrected chi connectivity index (χ2v) is 14.1. The fourth-order valence-electron chi connectivity index (χ4n) is 7.18. The Hall–Kier alpha value is -3.14. The third-order valence-corrected chi connectivity index (χ3v) is 9.93. The summed E-state index contributed by atoms with van der Waals surface area (Å²) in [6.45, 7) is 10.0. The third-order valence-electron chi connectivity index (χ3n) is 9.93. The van der Waals surface area contributed by atoms with Gasteiger partial charge in [0.15, 0.2) is 6.29 Å². The Labute approximate surface area is 281 Å². The first-order valence-corrected chi connectivity index (χ1v) is 17.3. The zero-order valence-corrected chi connectivity index (χ0v) is 29.3. The van der Waals surface area contributed by atoms with E-state index < -0.39 is 17.3 Å². The molecule has 2 amide bonds. The van der Waals surface area contributed by atoms with Gasteiger partial charge in [-0.15, -0.1) is 0 Å². The highest BCUT2D eigenvalue weighted by Gasteiger charge is 2.41. The number of rotatable bonds is 14. The molecule has 47 heavy (non-hydrogen) atoms. The first-order chi connectivity index (χ1) is 22.5. The monoisotopic (exact) mass is 652 g/mol. The Bertz CT molecular complexity index is 1280. The van der Waals surface area contributed by atoms with Gasteiger partial charge in [-0.25, -0.2) is 4.79 Å². The van der Waals surface area contributed by atoms with Gasteiger partial charge in [-0.3, -0.25) is 4.79 Å². The number of piperidine rings is 1. The zero-order valence-electron chi connectivity index (χ0n) is 29.3. The Balaban J connectivity index is 1.39. The number of aromatic hydroxyl groups is 1. The first-order valence-electron chi connectivity index (χ1n) is 17.3.